The Morgan fingerprint density at radius 2 is 2.11 bits per heavy atom. The van der Waals surface area contributed by atoms with Gasteiger partial charge in [-0.05, 0) is 30.7 Å². The molecule has 3 nitrogen and oxygen atoms in total. The molecule has 0 spiro atoms. The lowest BCUT2D eigenvalue weighted by molar-refractivity contribution is -0.116. The number of carbonyl (C=O) groups is 1. The van der Waals surface area contributed by atoms with Gasteiger partial charge in [0, 0.05) is 18.0 Å². The van der Waals surface area contributed by atoms with Crippen LogP contribution in [-0.2, 0) is 4.79 Å². The van der Waals surface area contributed by atoms with Crippen LogP contribution in [0.2, 0.25) is 0 Å². The molecule has 1 N–H and O–H groups in total. The maximum atomic E-state index is 11.8. The Labute approximate surface area is 107 Å². The number of fused-ring (bicyclic) bond motifs is 1. The topological polar surface area (TPSA) is 42.0 Å². The number of unbranched alkanes of at least 4 members (excludes halogenated alkanes) is 2. The highest BCUT2D eigenvalue weighted by Crippen LogP contribution is 2.21. The molecule has 18 heavy (non-hydrogen) atoms. The molecule has 0 bridgehead atoms. The van der Waals surface area contributed by atoms with Crippen molar-refractivity contribution in [3.8, 4) is 0 Å². The molecule has 0 aliphatic heterocycles. The second-order valence-electron chi connectivity index (χ2n) is 4.38. The molecule has 0 radical (unpaired) electrons. The third-order valence-electron chi connectivity index (χ3n) is 2.93. The van der Waals surface area contributed by atoms with E-state index >= 15 is 0 Å². The minimum atomic E-state index is 0.0832. The number of aromatic nitrogens is 1. The first kappa shape index (κ1) is 12.6. The van der Waals surface area contributed by atoms with Gasteiger partial charge in [-0.15, -0.1) is 0 Å². The van der Waals surface area contributed by atoms with Gasteiger partial charge in [0.1, 0.15) is 0 Å². The van der Waals surface area contributed by atoms with Crippen LogP contribution in [0, 0.1) is 0 Å². The monoisotopic (exact) mass is 242 g/mol. The van der Waals surface area contributed by atoms with Crippen molar-refractivity contribution < 1.29 is 4.79 Å². The summed E-state index contributed by atoms with van der Waals surface area (Å²) in [4.78, 5) is 16.1. The number of amides is 1. The van der Waals surface area contributed by atoms with E-state index in [1.165, 1.54) is 0 Å². The average Bonchev–Trinajstić information content (AvgIpc) is 2.39. The Morgan fingerprint density at radius 3 is 2.94 bits per heavy atom. The molecule has 2 rings (SSSR count). The van der Waals surface area contributed by atoms with Crippen LogP contribution in [-0.4, -0.2) is 10.9 Å². The lowest BCUT2D eigenvalue weighted by atomic mass is 10.1. The molecule has 0 unspecified atom stereocenters. The molecule has 0 saturated heterocycles. The van der Waals surface area contributed by atoms with E-state index in [9.17, 15) is 4.79 Å². The molecule has 0 atom stereocenters. The van der Waals surface area contributed by atoms with E-state index in [-0.39, 0.29) is 5.91 Å². The van der Waals surface area contributed by atoms with Crippen LogP contribution in [0.3, 0.4) is 0 Å². The molecule has 1 heterocycles. The van der Waals surface area contributed by atoms with Gasteiger partial charge in [-0.25, -0.2) is 0 Å². The van der Waals surface area contributed by atoms with Crippen LogP contribution in [0.1, 0.15) is 32.6 Å². The summed E-state index contributed by atoms with van der Waals surface area (Å²) in [6.07, 6.45) is 5.53. The normalized spacial score (nSPS) is 10.5. The Kier molecular flexibility index (Phi) is 4.29. The summed E-state index contributed by atoms with van der Waals surface area (Å²) >= 11 is 0. The molecule has 0 aliphatic rings. The largest absolute Gasteiger partial charge is 0.325 e. The first-order chi connectivity index (χ1) is 8.81. The van der Waals surface area contributed by atoms with E-state index in [4.69, 9.17) is 0 Å². The second kappa shape index (κ2) is 6.15. The van der Waals surface area contributed by atoms with Crippen LogP contribution in [0.5, 0.6) is 0 Å². The van der Waals surface area contributed by atoms with Crippen molar-refractivity contribution in [3.05, 3.63) is 36.5 Å². The van der Waals surface area contributed by atoms with Gasteiger partial charge in [0.2, 0.25) is 5.91 Å². The predicted molar refractivity (Wildman–Crippen MR) is 74.5 cm³/mol. The van der Waals surface area contributed by atoms with Crippen molar-refractivity contribution in [2.45, 2.75) is 32.6 Å². The zero-order valence-corrected chi connectivity index (χ0v) is 10.6. The fourth-order valence-corrected chi connectivity index (χ4v) is 1.96. The highest BCUT2D eigenvalue weighted by molar-refractivity contribution is 6.00. The molecule has 0 saturated carbocycles. The van der Waals surface area contributed by atoms with Crippen molar-refractivity contribution in [1.82, 2.24) is 4.98 Å². The predicted octanol–water partition coefficient (Wildman–Crippen LogP) is 3.75. The first-order valence-corrected chi connectivity index (χ1v) is 6.45. The van der Waals surface area contributed by atoms with E-state index in [0.29, 0.717) is 6.42 Å². The fourth-order valence-electron chi connectivity index (χ4n) is 1.96. The van der Waals surface area contributed by atoms with Gasteiger partial charge in [0.25, 0.3) is 0 Å². The smallest absolute Gasteiger partial charge is 0.224 e. The van der Waals surface area contributed by atoms with Crippen molar-refractivity contribution >= 4 is 22.5 Å². The summed E-state index contributed by atoms with van der Waals surface area (Å²) in [7, 11) is 0. The number of hydrogen-bond donors (Lipinski definition) is 1. The SMILES string of the molecule is CCCCCC(=O)Nc1cccc2ncccc12. The lowest BCUT2D eigenvalue weighted by Gasteiger charge is -2.07. The molecule has 3 heteroatoms. The Hall–Kier alpha value is -1.90. The van der Waals surface area contributed by atoms with E-state index in [0.717, 1.165) is 35.9 Å². The fraction of sp³-hybridized carbons (Fsp3) is 0.333. The molecule has 0 fully saturated rings. The highest BCUT2D eigenvalue weighted by Gasteiger charge is 2.05. The van der Waals surface area contributed by atoms with Crippen LogP contribution >= 0.6 is 0 Å². The third-order valence-corrected chi connectivity index (χ3v) is 2.93. The number of rotatable bonds is 5. The van der Waals surface area contributed by atoms with Crippen LogP contribution in [0.25, 0.3) is 10.9 Å². The number of benzene rings is 1. The molecule has 0 aliphatic carbocycles. The maximum absolute atomic E-state index is 11.8. The zero-order valence-electron chi connectivity index (χ0n) is 10.6. The Morgan fingerprint density at radius 1 is 1.22 bits per heavy atom. The molecular weight excluding hydrogens is 224 g/mol. The molecule has 1 amide bonds. The minimum absolute atomic E-state index is 0.0832. The van der Waals surface area contributed by atoms with Crippen molar-refractivity contribution in [1.29, 1.82) is 0 Å². The zero-order chi connectivity index (χ0) is 12.8. The maximum Gasteiger partial charge on any atom is 0.224 e. The van der Waals surface area contributed by atoms with Crippen molar-refractivity contribution in [3.63, 3.8) is 0 Å². The summed E-state index contributed by atoms with van der Waals surface area (Å²) in [5.74, 6) is 0.0832. The van der Waals surface area contributed by atoms with Crippen molar-refractivity contribution in [2.24, 2.45) is 0 Å². The summed E-state index contributed by atoms with van der Waals surface area (Å²) < 4.78 is 0. The molecule has 1 aromatic heterocycles. The van der Waals surface area contributed by atoms with E-state index in [1.807, 2.05) is 30.3 Å². The van der Waals surface area contributed by atoms with Crippen LogP contribution in [0.15, 0.2) is 36.5 Å². The van der Waals surface area contributed by atoms with E-state index in [2.05, 4.69) is 17.2 Å². The van der Waals surface area contributed by atoms with Crippen LogP contribution < -0.4 is 5.32 Å². The van der Waals surface area contributed by atoms with Gasteiger partial charge in [-0.1, -0.05) is 25.8 Å². The Balaban J connectivity index is 2.09. The number of nitrogens with one attached hydrogen (secondary N) is 1. The lowest BCUT2D eigenvalue weighted by Crippen LogP contribution is -2.11. The quantitative estimate of drug-likeness (QED) is 0.811. The Bertz CT molecular complexity index is 532. The van der Waals surface area contributed by atoms with Gasteiger partial charge in [0.15, 0.2) is 0 Å². The van der Waals surface area contributed by atoms with Gasteiger partial charge >= 0.3 is 0 Å². The van der Waals surface area contributed by atoms with Crippen LogP contribution in [0.4, 0.5) is 5.69 Å². The van der Waals surface area contributed by atoms with Gasteiger partial charge in [-0.3, -0.25) is 9.78 Å². The standard InChI is InChI=1S/C15H18N2O/c1-2-3-4-10-15(18)17-14-9-5-8-13-12(14)7-6-11-16-13/h5-9,11H,2-4,10H2,1H3,(H,17,18). The number of carbonyl (C=O) groups excluding carboxylic acids is 1. The second-order valence-corrected chi connectivity index (χ2v) is 4.38. The van der Waals surface area contributed by atoms with E-state index < -0.39 is 0 Å². The molecule has 2 aromatic rings. The minimum Gasteiger partial charge on any atom is -0.325 e. The van der Waals surface area contributed by atoms with Crippen molar-refractivity contribution in [2.75, 3.05) is 5.32 Å². The molecule has 1 aromatic carbocycles. The highest BCUT2D eigenvalue weighted by atomic mass is 16.1. The summed E-state index contributed by atoms with van der Waals surface area (Å²) in [5.41, 5.74) is 1.76. The van der Waals surface area contributed by atoms with Gasteiger partial charge in [-0.2, -0.15) is 0 Å². The summed E-state index contributed by atoms with van der Waals surface area (Å²) in [5, 5.41) is 3.95. The van der Waals surface area contributed by atoms with E-state index in [1.54, 1.807) is 6.20 Å². The number of nitrogens with zero attached hydrogens (tertiary/aromatic N) is 1. The summed E-state index contributed by atoms with van der Waals surface area (Å²) in [6, 6.07) is 9.64. The number of anilines is 1. The average molecular weight is 242 g/mol. The number of pyridine rings is 1. The van der Waals surface area contributed by atoms with Gasteiger partial charge < -0.3 is 5.32 Å². The third kappa shape index (κ3) is 3.06. The van der Waals surface area contributed by atoms with Gasteiger partial charge in [0.05, 0.1) is 11.2 Å². The molecular formula is C15H18N2O. The first-order valence-electron chi connectivity index (χ1n) is 6.45. The molecule has 94 valence electrons. The number of hydrogen-bond acceptors (Lipinski definition) is 2. The summed E-state index contributed by atoms with van der Waals surface area (Å²) in [6.45, 7) is 2.13.